The molecule has 0 aliphatic carbocycles. The van der Waals surface area contributed by atoms with Gasteiger partial charge in [-0.15, -0.1) is 0 Å². The van der Waals surface area contributed by atoms with E-state index in [9.17, 15) is 14.3 Å². The molecule has 1 aromatic rings. The first kappa shape index (κ1) is 13.8. The van der Waals surface area contributed by atoms with Gasteiger partial charge >= 0.3 is 0 Å². The number of nitrogens with zero attached hydrogens (tertiary/aromatic N) is 2. The van der Waals surface area contributed by atoms with Gasteiger partial charge in [-0.05, 0) is 39.1 Å². The molecule has 1 heterocycles. The molecular weight excluding hydrogens is 247 g/mol. The van der Waals surface area contributed by atoms with Crippen LogP contribution in [0.4, 0.5) is 4.39 Å². The zero-order valence-corrected chi connectivity index (χ0v) is 11.3. The Morgan fingerprint density at radius 3 is 2.53 bits per heavy atom. The number of hydrogen-bond donors (Lipinski definition) is 1. The van der Waals surface area contributed by atoms with E-state index in [1.54, 1.807) is 4.90 Å². The molecule has 19 heavy (non-hydrogen) atoms. The van der Waals surface area contributed by atoms with Crippen LogP contribution in [0.15, 0.2) is 18.2 Å². The van der Waals surface area contributed by atoms with E-state index >= 15 is 0 Å². The monoisotopic (exact) mass is 266 g/mol. The maximum atomic E-state index is 12.9. The molecule has 1 aromatic carbocycles. The maximum absolute atomic E-state index is 12.9. The van der Waals surface area contributed by atoms with Crippen molar-refractivity contribution in [2.24, 2.45) is 0 Å². The normalized spacial score (nSPS) is 16.9. The van der Waals surface area contributed by atoms with E-state index in [1.165, 1.54) is 12.1 Å². The number of phenols is 1. The van der Waals surface area contributed by atoms with Gasteiger partial charge in [0.1, 0.15) is 11.6 Å². The van der Waals surface area contributed by atoms with Crippen molar-refractivity contribution in [1.29, 1.82) is 0 Å². The van der Waals surface area contributed by atoms with Crippen LogP contribution in [0, 0.1) is 5.82 Å². The van der Waals surface area contributed by atoms with Gasteiger partial charge in [0.2, 0.25) is 0 Å². The lowest BCUT2D eigenvalue weighted by Gasteiger charge is -2.35. The Labute approximate surface area is 112 Å². The number of rotatable bonds is 2. The molecule has 104 valence electrons. The summed E-state index contributed by atoms with van der Waals surface area (Å²) in [5.41, 5.74) is 0.171. The minimum atomic E-state index is -0.541. The topological polar surface area (TPSA) is 43.8 Å². The van der Waals surface area contributed by atoms with Gasteiger partial charge in [0, 0.05) is 25.2 Å². The smallest absolute Gasteiger partial charge is 0.257 e. The summed E-state index contributed by atoms with van der Waals surface area (Å²) in [4.78, 5) is 16.1. The third kappa shape index (κ3) is 3.04. The highest BCUT2D eigenvalue weighted by Crippen LogP contribution is 2.22. The zero-order chi connectivity index (χ0) is 14.0. The van der Waals surface area contributed by atoms with Gasteiger partial charge < -0.3 is 14.9 Å². The molecule has 0 radical (unpaired) electrons. The molecule has 2 rings (SSSR count). The van der Waals surface area contributed by atoms with Gasteiger partial charge in [-0.3, -0.25) is 4.79 Å². The molecule has 1 aliphatic heterocycles. The van der Waals surface area contributed by atoms with Crippen LogP contribution in [0.2, 0.25) is 0 Å². The Hall–Kier alpha value is -1.62. The predicted molar refractivity (Wildman–Crippen MR) is 70.7 cm³/mol. The van der Waals surface area contributed by atoms with Crippen molar-refractivity contribution in [1.82, 2.24) is 9.80 Å². The van der Waals surface area contributed by atoms with E-state index in [4.69, 9.17) is 0 Å². The zero-order valence-electron chi connectivity index (χ0n) is 11.3. The lowest BCUT2D eigenvalue weighted by atomic mass is 10.0. The lowest BCUT2D eigenvalue weighted by molar-refractivity contribution is 0.0660. The summed E-state index contributed by atoms with van der Waals surface area (Å²) in [7, 11) is 4.07. The summed E-state index contributed by atoms with van der Waals surface area (Å²) in [5.74, 6) is -1.06. The number of carbonyl (C=O) groups excluding carboxylic acids is 1. The Morgan fingerprint density at radius 1 is 1.37 bits per heavy atom. The largest absolute Gasteiger partial charge is 0.507 e. The highest BCUT2D eigenvalue weighted by molar-refractivity contribution is 5.96. The number of halogens is 1. The van der Waals surface area contributed by atoms with Gasteiger partial charge in [-0.2, -0.15) is 0 Å². The van der Waals surface area contributed by atoms with Gasteiger partial charge in [0.15, 0.2) is 0 Å². The van der Waals surface area contributed by atoms with Crippen molar-refractivity contribution < 1.29 is 14.3 Å². The first-order valence-corrected chi connectivity index (χ1v) is 6.43. The number of piperidine rings is 1. The van der Waals surface area contributed by atoms with E-state index in [0.717, 1.165) is 18.9 Å². The van der Waals surface area contributed by atoms with Gasteiger partial charge in [-0.1, -0.05) is 0 Å². The van der Waals surface area contributed by atoms with Crippen LogP contribution < -0.4 is 0 Å². The second kappa shape index (κ2) is 5.57. The molecule has 1 N–H and O–H groups in total. The molecular formula is C14H19FN2O2. The quantitative estimate of drug-likeness (QED) is 0.886. The summed E-state index contributed by atoms with van der Waals surface area (Å²) >= 11 is 0. The van der Waals surface area contributed by atoms with E-state index in [2.05, 4.69) is 4.90 Å². The van der Waals surface area contributed by atoms with Crippen LogP contribution in [0.25, 0.3) is 0 Å². The van der Waals surface area contributed by atoms with E-state index in [1.807, 2.05) is 14.1 Å². The number of aromatic hydroxyl groups is 1. The van der Waals surface area contributed by atoms with Crippen LogP contribution in [-0.2, 0) is 0 Å². The Balaban J connectivity index is 2.05. The number of amides is 1. The summed E-state index contributed by atoms with van der Waals surface area (Å²) in [6.45, 7) is 1.33. The van der Waals surface area contributed by atoms with Crippen molar-refractivity contribution in [3.8, 4) is 5.75 Å². The Kier molecular flexibility index (Phi) is 4.04. The first-order valence-electron chi connectivity index (χ1n) is 6.43. The number of hydrogen-bond acceptors (Lipinski definition) is 3. The molecule has 0 atom stereocenters. The van der Waals surface area contributed by atoms with Crippen molar-refractivity contribution >= 4 is 5.91 Å². The Morgan fingerprint density at radius 2 is 2.00 bits per heavy atom. The van der Waals surface area contributed by atoms with Crippen molar-refractivity contribution in [3.63, 3.8) is 0 Å². The highest BCUT2D eigenvalue weighted by Gasteiger charge is 2.25. The highest BCUT2D eigenvalue weighted by atomic mass is 19.1. The number of benzene rings is 1. The Bertz CT molecular complexity index is 469. The van der Waals surface area contributed by atoms with Crippen molar-refractivity contribution in [2.45, 2.75) is 18.9 Å². The van der Waals surface area contributed by atoms with Gasteiger partial charge in [0.05, 0.1) is 5.56 Å². The molecule has 1 aliphatic rings. The second-order valence-corrected chi connectivity index (χ2v) is 5.15. The molecule has 0 saturated carbocycles. The van der Waals surface area contributed by atoms with Crippen LogP contribution in [0.3, 0.4) is 0 Å². The number of carbonyl (C=O) groups is 1. The fourth-order valence-electron chi connectivity index (χ4n) is 2.44. The fourth-order valence-corrected chi connectivity index (χ4v) is 2.44. The molecule has 5 heteroatoms. The summed E-state index contributed by atoms with van der Waals surface area (Å²) in [6, 6.07) is 4.00. The van der Waals surface area contributed by atoms with E-state index in [0.29, 0.717) is 19.1 Å². The maximum Gasteiger partial charge on any atom is 0.257 e. The number of likely N-dealkylation sites (tertiary alicyclic amines) is 1. The van der Waals surface area contributed by atoms with Crippen molar-refractivity contribution in [3.05, 3.63) is 29.6 Å². The summed E-state index contributed by atoms with van der Waals surface area (Å²) in [6.07, 6.45) is 1.83. The predicted octanol–water partition coefficient (Wildman–Crippen LogP) is 1.70. The average Bonchev–Trinajstić information content (AvgIpc) is 2.38. The number of phenolic OH excluding ortho intramolecular Hbond substituents is 1. The molecule has 0 spiro atoms. The molecule has 1 saturated heterocycles. The third-order valence-corrected chi connectivity index (χ3v) is 3.67. The van der Waals surface area contributed by atoms with Crippen molar-refractivity contribution in [2.75, 3.05) is 27.2 Å². The van der Waals surface area contributed by atoms with Crippen LogP contribution in [0.5, 0.6) is 5.75 Å². The van der Waals surface area contributed by atoms with E-state index < -0.39 is 5.82 Å². The summed E-state index contributed by atoms with van der Waals surface area (Å²) < 4.78 is 12.9. The minimum absolute atomic E-state index is 0.171. The standard InChI is InChI=1S/C14H19FN2O2/c1-16(2)11-5-7-17(8-6-11)14(19)12-4-3-10(15)9-13(12)18/h3-4,9,11,18H,5-8H2,1-2H3. The fraction of sp³-hybridized carbons (Fsp3) is 0.500. The molecule has 0 aromatic heterocycles. The molecule has 0 bridgehead atoms. The summed E-state index contributed by atoms with van der Waals surface area (Å²) in [5, 5.41) is 9.64. The van der Waals surface area contributed by atoms with E-state index in [-0.39, 0.29) is 17.2 Å². The van der Waals surface area contributed by atoms with Crippen LogP contribution in [-0.4, -0.2) is 54.0 Å². The average molecular weight is 266 g/mol. The van der Waals surface area contributed by atoms with Crippen LogP contribution >= 0.6 is 0 Å². The first-order chi connectivity index (χ1) is 8.99. The lowest BCUT2D eigenvalue weighted by Crippen LogP contribution is -2.44. The molecule has 1 fully saturated rings. The SMILES string of the molecule is CN(C)C1CCN(C(=O)c2ccc(F)cc2O)CC1. The molecule has 4 nitrogen and oxygen atoms in total. The van der Waals surface area contributed by atoms with Crippen LogP contribution in [0.1, 0.15) is 23.2 Å². The minimum Gasteiger partial charge on any atom is -0.507 e. The molecule has 0 unspecified atom stereocenters. The van der Waals surface area contributed by atoms with Gasteiger partial charge in [-0.25, -0.2) is 4.39 Å². The van der Waals surface area contributed by atoms with Gasteiger partial charge in [0.25, 0.3) is 5.91 Å². The third-order valence-electron chi connectivity index (χ3n) is 3.67. The molecule has 1 amide bonds. The second-order valence-electron chi connectivity index (χ2n) is 5.15.